The van der Waals surface area contributed by atoms with Crippen LogP contribution >= 0.6 is 0 Å². The van der Waals surface area contributed by atoms with Gasteiger partial charge in [0.2, 0.25) is 5.91 Å². The molecule has 1 amide bonds. The quantitative estimate of drug-likeness (QED) is 0.678. The number of ether oxygens (including phenoxy) is 1. The van der Waals surface area contributed by atoms with Crippen LogP contribution in [0.5, 0.6) is 0 Å². The summed E-state index contributed by atoms with van der Waals surface area (Å²) in [5.74, 6) is -1.02. The summed E-state index contributed by atoms with van der Waals surface area (Å²) in [5, 5.41) is 11.6. The Morgan fingerprint density at radius 3 is 2.76 bits per heavy atom. The average molecular weight is 292 g/mol. The van der Waals surface area contributed by atoms with Gasteiger partial charge in [-0.05, 0) is 30.9 Å². The van der Waals surface area contributed by atoms with Crippen molar-refractivity contribution >= 4 is 17.6 Å². The molecule has 1 heterocycles. The highest BCUT2D eigenvalue weighted by Crippen LogP contribution is 2.19. The summed E-state index contributed by atoms with van der Waals surface area (Å²) in [6, 6.07) is 7.46. The van der Waals surface area contributed by atoms with Gasteiger partial charge in [0.05, 0.1) is 6.10 Å². The lowest BCUT2D eigenvalue weighted by Gasteiger charge is -2.12. The summed E-state index contributed by atoms with van der Waals surface area (Å²) >= 11 is 0. The van der Waals surface area contributed by atoms with Crippen LogP contribution in [-0.2, 0) is 20.7 Å². The van der Waals surface area contributed by atoms with E-state index in [0.717, 1.165) is 5.56 Å². The second-order valence-corrected chi connectivity index (χ2v) is 5.17. The number of amides is 1. The zero-order chi connectivity index (χ0) is 15.2. The van der Waals surface area contributed by atoms with E-state index < -0.39 is 12.1 Å². The number of hydrogen-bond acceptors (Lipinski definition) is 4. The van der Waals surface area contributed by atoms with Gasteiger partial charge in [-0.15, -0.1) is 0 Å². The standard InChI is InChI=1S/C15H20N2O4/c16-12-4-2-1-3-10(12)5-8-14(18)17-9-11-6-7-13(21-11)15(19)20/h1-4,11,13H,5-9,16H2,(H,17,18)(H,19,20). The van der Waals surface area contributed by atoms with Crippen molar-refractivity contribution in [3.05, 3.63) is 29.8 Å². The molecule has 1 aromatic carbocycles. The highest BCUT2D eigenvalue weighted by atomic mass is 16.5. The minimum Gasteiger partial charge on any atom is -0.479 e. The van der Waals surface area contributed by atoms with Crippen LogP contribution in [0.15, 0.2) is 24.3 Å². The van der Waals surface area contributed by atoms with E-state index >= 15 is 0 Å². The number of carbonyl (C=O) groups excluding carboxylic acids is 1. The molecule has 0 saturated carbocycles. The molecular weight excluding hydrogens is 272 g/mol. The van der Waals surface area contributed by atoms with Gasteiger partial charge in [0.1, 0.15) is 0 Å². The summed E-state index contributed by atoms with van der Waals surface area (Å²) in [4.78, 5) is 22.5. The smallest absolute Gasteiger partial charge is 0.332 e. The topological polar surface area (TPSA) is 102 Å². The number of carboxylic acid groups (broad SMARTS) is 1. The Kier molecular flexibility index (Phi) is 5.16. The summed E-state index contributed by atoms with van der Waals surface area (Å²) in [6.45, 7) is 0.354. The fourth-order valence-corrected chi connectivity index (χ4v) is 2.36. The van der Waals surface area contributed by atoms with E-state index in [9.17, 15) is 9.59 Å². The fourth-order valence-electron chi connectivity index (χ4n) is 2.36. The van der Waals surface area contributed by atoms with Crippen LogP contribution in [0.2, 0.25) is 0 Å². The van der Waals surface area contributed by atoms with E-state index in [-0.39, 0.29) is 12.0 Å². The molecule has 6 nitrogen and oxygen atoms in total. The highest BCUT2D eigenvalue weighted by Gasteiger charge is 2.30. The molecule has 2 unspecified atom stereocenters. The Labute approximate surface area is 123 Å². The van der Waals surface area contributed by atoms with Gasteiger partial charge in [-0.2, -0.15) is 0 Å². The van der Waals surface area contributed by atoms with Crippen LogP contribution in [0.4, 0.5) is 5.69 Å². The van der Waals surface area contributed by atoms with Crippen LogP contribution < -0.4 is 11.1 Å². The Balaban J connectivity index is 1.69. The van der Waals surface area contributed by atoms with Crippen LogP contribution in [-0.4, -0.2) is 35.7 Å². The summed E-state index contributed by atoms with van der Waals surface area (Å²) in [7, 11) is 0. The van der Waals surface area contributed by atoms with Crippen molar-refractivity contribution in [1.29, 1.82) is 0 Å². The molecule has 1 aliphatic heterocycles. The van der Waals surface area contributed by atoms with Crippen molar-refractivity contribution in [3.63, 3.8) is 0 Å². The molecule has 21 heavy (non-hydrogen) atoms. The molecule has 4 N–H and O–H groups in total. The van der Waals surface area contributed by atoms with Gasteiger partial charge in [-0.1, -0.05) is 18.2 Å². The molecule has 2 atom stereocenters. The van der Waals surface area contributed by atoms with Crippen molar-refractivity contribution in [1.82, 2.24) is 5.32 Å². The molecule has 114 valence electrons. The minimum absolute atomic E-state index is 0.0828. The van der Waals surface area contributed by atoms with E-state index in [1.807, 2.05) is 24.3 Å². The minimum atomic E-state index is -0.941. The number of nitrogens with two attached hydrogens (primary N) is 1. The first-order chi connectivity index (χ1) is 10.1. The van der Waals surface area contributed by atoms with Crippen LogP contribution in [0.25, 0.3) is 0 Å². The Morgan fingerprint density at radius 1 is 1.33 bits per heavy atom. The molecule has 0 bridgehead atoms. The fraction of sp³-hybridized carbons (Fsp3) is 0.467. The molecule has 1 saturated heterocycles. The highest BCUT2D eigenvalue weighted by molar-refractivity contribution is 5.76. The summed E-state index contributed by atoms with van der Waals surface area (Å²) in [5.41, 5.74) is 7.46. The SMILES string of the molecule is Nc1ccccc1CCC(=O)NCC1CCC(C(=O)O)O1. The number of anilines is 1. The third-order valence-corrected chi connectivity index (χ3v) is 3.59. The second-order valence-electron chi connectivity index (χ2n) is 5.17. The molecule has 2 rings (SSSR count). The molecule has 0 aromatic heterocycles. The monoisotopic (exact) mass is 292 g/mol. The second kappa shape index (κ2) is 7.08. The number of nitrogens with one attached hydrogen (secondary N) is 1. The first-order valence-electron chi connectivity index (χ1n) is 7.04. The van der Waals surface area contributed by atoms with Crippen molar-refractivity contribution in [2.45, 2.75) is 37.9 Å². The first-order valence-corrected chi connectivity index (χ1v) is 7.04. The summed E-state index contributed by atoms with van der Waals surface area (Å²) < 4.78 is 5.32. The maximum absolute atomic E-state index is 11.8. The molecule has 1 fully saturated rings. The Morgan fingerprint density at radius 2 is 2.10 bits per heavy atom. The van der Waals surface area contributed by atoms with Gasteiger partial charge in [0, 0.05) is 18.7 Å². The van der Waals surface area contributed by atoms with Gasteiger partial charge in [-0.3, -0.25) is 4.79 Å². The van der Waals surface area contributed by atoms with E-state index in [0.29, 0.717) is 37.9 Å². The third kappa shape index (κ3) is 4.46. The normalized spacial score (nSPS) is 21.1. The molecule has 6 heteroatoms. The van der Waals surface area contributed by atoms with Crippen molar-refractivity contribution in [2.24, 2.45) is 0 Å². The van der Waals surface area contributed by atoms with E-state index in [4.69, 9.17) is 15.6 Å². The van der Waals surface area contributed by atoms with Crippen molar-refractivity contribution in [3.8, 4) is 0 Å². The van der Waals surface area contributed by atoms with E-state index in [1.54, 1.807) is 0 Å². The number of aryl methyl sites for hydroxylation is 1. The van der Waals surface area contributed by atoms with Crippen LogP contribution in [0.3, 0.4) is 0 Å². The van der Waals surface area contributed by atoms with Gasteiger partial charge >= 0.3 is 5.97 Å². The number of para-hydroxylation sites is 1. The number of nitrogen functional groups attached to an aromatic ring is 1. The predicted octanol–water partition coefficient (Wildman–Crippen LogP) is 0.950. The van der Waals surface area contributed by atoms with Crippen LogP contribution in [0.1, 0.15) is 24.8 Å². The van der Waals surface area contributed by atoms with E-state index in [2.05, 4.69) is 5.32 Å². The van der Waals surface area contributed by atoms with E-state index in [1.165, 1.54) is 0 Å². The van der Waals surface area contributed by atoms with Gasteiger partial charge in [0.25, 0.3) is 0 Å². The molecule has 1 aromatic rings. The molecule has 1 aliphatic rings. The largest absolute Gasteiger partial charge is 0.479 e. The van der Waals surface area contributed by atoms with Crippen molar-refractivity contribution < 1.29 is 19.4 Å². The van der Waals surface area contributed by atoms with Crippen molar-refractivity contribution in [2.75, 3.05) is 12.3 Å². The number of carboxylic acids is 1. The lowest BCUT2D eigenvalue weighted by atomic mass is 10.1. The van der Waals surface area contributed by atoms with Crippen LogP contribution in [0, 0.1) is 0 Å². The average Bonchev–Trinajstić information content (AvgIpc) is 2.93. The predicted molar refractivity (Wildman–Crippen MR) is 77.7 cm³/mol. The maximum Gasteiger partial charge on any atom is 0.332 e. The zero-order valence-electron chi connectivity index (χ0n) is 11.7. The number of rotatable bonds is 6. The van der Waals surface area contributed by atoms with Gasteiger partial charge < -0.3 is 20.9 Å². The number of hydrogen-bond donors (Lipinski definition) is 3. The number of carbonyl (C=O) groups is 2. The number of aliphatic carboxylic acids is 1. The Bertz CT molecular complexity index is 518. The first kappa shape index (κ1) is 15.3. The van der Waals surface area contributed by atoms with Gasteiger partial charge in [-0.25, -0.2) is 4.79 Å². The lowest BCUT2D eigenvalue weighted by molar-refractivity contribution is -0.149. The third-order valence-electron chi connectivity index (χ3n) is 3.59. The molecule has 0 aliphatic carbocycles. The molecule has 0 spiro atoms. The molecule has 0 radical (unpaired) electrons. The zero-order valence-corrected chi connectivity index (χ0v) is 11.7. The maximum atomic E-state index is 11.8. The Hall–Kier alpha value is -2.08. The number of benzene rings is 1. The lowest BCUT2D eigenvalue weighted by Crippen LogP contribution is -2.33. The molecular formula is C15H20N2O4. The summed E-state index contributed by atoms with van der Waals surface area (Å²) in [6.07, 6.45) is 1.14. The van der Waals surface area contributed by atoms with Gasteiger partial charge in [0.15, 0.2) is 6.10 Å².